The second-order valence-electron chi connectivity index (χ2n) is 4.45. The van der Waals surface area contributed by atoms with Gasteiger partial charge >= 0.3 is 0 Å². The first-order chi connectivity index (χ1) is 8.69. The van der Waals surface area contributed by atoms with Gasteiger partial charge in [-0.05, 0) is 35.4 Å². The third-order valence-electron chi connectivity index (χ3n) is 3.21. The van der Waals surface area contributed by atoms with Gasteiger partial charge in [0.15, 0.2) is 0 Å². The number of rotatable bonds is 2. The Morgan fingerprint density at radius 1 is 1.17 bits per heavy atom. The van der Waals surface area contributed by atoms with Crippen LogP contribution in [0.1, 0.15) is 17.4 Å². The highest BCUT2D eigenvalue weighted by molar-refractivity contribution is 7.10. The first kappa shape index (κ1) is 11.4. The molecule has 2 nitrogen and oxygen atoms in total. The van der Waals surface area contributed by atoms with Crippen molar-refractivity contribution in [2.24, 2.45) is 0 Å². The van der Waals surface area contributed by atoms with Gasteiger partial charge < -0.3 is 5.11 Å². The van der Waals surface area contributed by atoms with Crippen molar-refractivity contribution >= 4 is 22.1 Å². The summed E-state index contributed by atoms with van der Waals surface area (Å²) < 4.78 is 0. The van der Waals surface area contributed by atoms with Gasteiger partial charge in [-0.25, -0.2) is 0 Å². The minimum atomic E-state index is -0.963. The minimum Gasteiger partial charge on any atom is -0.380 e. The van der Waals surface area contributed by atoms with Crippen LogP contribution in [0.4, 0.5) is 0 Å². The lowest BCUT2D eigenvalue weighted by atomic mass is 9.90. The summed E-state index contributed by atoms with van der Waals surface area (Å²) in [6.07, 6.45) is 3.58. The van der Waals surface area contributed by atoms with E-state index in [1.165, 1.54) is 0 Å². The largest absolute Gasteiger partial charge is 0.380 e. The van der Waals surface area contributed by atoms with E-state index in [1.54, 1.807) is 17.5 Å². The van der Waals surface area contributed by atoms with E-state index < -0.39 is 5.60 Å². The summed E-state index contributed by atoms with van der Waals surface area (Å²) in [5.41, 5.74) is -0.0421. The zero-order chi connectivity index (χ0) is 12.6. The molecule has 0 amide bonds. The van der Waals surface area contributed by atoms with Crippen LogP contribution in [0.3, 0.4) is 0 Å². The molecule has 2 heterocycles. The van der Waals surface area contributed by atoms with Crippen molar-refractivity contribution in [1.82, 2.24) is 4.98 Å². The molecule has 3 heteroatoms. The van der Waals surface area contributed by atoms with Crippen molar-refractivity contribution in [3.63, 3.8) is 0 Å². The Morgan fingerprint density at radius 2 is 2.06 bits per heavy atom. The van der Waals surface area contributed by atoms with E-state index in [4.69, 9.17) is 0 Å². The lowest BCUT2D eigenvalue weighted by Gasteiger charge is -2.24. The maximum atomic E-state index is 10.8. The lowest BCUT2D eigenvalue weighted by Crippen LogP contribution is -2.21. The predicted octanol–water partition coefficient (Wildman–Crippen LogP) is 3.55. The van der Waals surface area contributed by atoms with E-state index in [9.17, 15) is 5.11 Å². The van der Waals surface area contributed by atoms with Crippen LogP contribution < -0.4 is 0 Å². The fourth-order valence-corrected chi connectivity index (χ4v) is 3.04. The number of benzene rings is 1. The zero-order valence-electron chi connectivity index (χ0n) is 10.00. The smallest absolute Gasteiger partial charge is 0.121 e. The number of hydrogen-bond donors (Lipinski definition) is 1. The topological polar surface area (TPSA) is 33.1 Å². The predicted molar refractivity (Wildman–Crippen MR) is 74.7 cm³/mol. The molecule has 1 unspecified atom stereocenters. The molecule has 0 saturated heterocycles. The van der Waals surface area contributed by atoms with Crippen molar-refractivity contribution in [1.29, 1.82) is 0 Å². The molecule has 0 bridgehead atoms. The van der Waals surface area contributed by atoms with Crippen molar-refractivity contribution < 1.29 is 5.11 Å². The molecule has 0 spiro atoms. The molecule has 1 N–H and O–H groups in total. The lowest BCUT2D eigenvalue weighted by molar-refractivity contribution is 0.108. The van der Waals surface area contributed by atoms with Crippen LogP contribution in [0.25, 0.3) is 10.8 Å². The fraction of sp³-hybridized carbons (Fsp3) is 0.133. The standard InChI is InChI=1S/C15H13NOS/c1-15(17,14-6-3-9-18-14)13-5-2-4-11-10-16-8-7-12(11)13/h2-10,17H,1H3. The Labute approximate surface area is 110 Å². The Kier molecular flexibility index (Phi) is 2.65. The Morgan fingerprint density at radius 3 is 2.83 bits per heavy atom. The summed E-state index contributed by atoms with van der Waals surface area (Å²) in [5.74, 6) is 0. The molecule has 1 atom stereocenters. The van der Waals surface area contributed by atoms with E-state index >= 15 is 0 Å². The number of aromatic nitrogens is 1. The number of fused-ring (bicyclic) bond motifs is 1. The first-order valence-corrected chi connectivity index (χ1v) is 6.67. The molecule has 0 fully saturated rings. The first-order valence-electron chi connectivity index (χ1n) is 5.79. The third kappa shape index (κ3) is 1.72. The van der Waals surface area contributed by atoms with E-state index in [2.05, 4.69) is 4.98 Å². The average Bonchev–Trinajstić information content (AvgIpc) is 2.92. The van der Waals surface area contributed by atoms with Gasteiger partial charge in [0.2, 0.25) is 0 Å². The summed E-state index contributed by atoms with van der Waals surface area (Å²) in [6, 6.07) is 11.8. The van der Waals surface area contributed by atoms with Gasteiger partial charge in [-0.2, -0.15) is 0 Å². The van der Waals surface area contributed by atoms with E-state index in [0.717, 1.165) is 21.2 Å². The fourth-order valence-electron chi connectivity index (χ4n) is 2.24. The maximum absolute atomic E-state index is 10.8. The van der Waals surface area contributed by atoms with Crippen LogP contribution in [0.5, 0.6) is 0 Å². The van der Waals surface area contributed by atoms with Gasteiger partial charge in [0.05, 0.1) is 0 Å². The molecule has 0 aliphatic rings. The molecule has 3 rings (SSSR count). The molecule has 18 heavy (non-hydrogen) atoms. The highest BCUT2D eigenvalue weighted by Crippen LogP contribution is 2.35. The molecular formula is C15H13NOS. The van der Waals surface area contributed by atoms with Gasteiger partial charge in [-0.3, -0.25) is 4.98 Å². The highest BCUT2D eigenvalue weighted by Gasteiger charge is 2.28. The van der Waals surface area contributed by atoms with Gasteiger partial charge in [-0.1, -0.05) is 24.3 Å². The van der Waals surface area contributed by atoms with Crippen LogP contribution in [-0.2, 0) is 5.60 Å². The highest BCUT2D eigenvalue weighted by atomic mass is 32.1. The maximum Gasteiger partial charge on any atom is 0.121 e. The summed E-state index contributed by atoms with van der Waals surface area (Å²) in [5, 5.41) is 14.9. The zero-order valence-corrected chi connectivity index (χ0v) is 10.8. The second-order valence-corrected chi connectivity index (χ2v) is 5.40. The SMILES string of the molecule is CC(O)(c1cccs1)c1cccc2cnccc12. The summed E-state index contributed by atoms with van der Waals surface area (Å²) in [6.45, 7) is 1.84. The Hall–Kier alpha value is -1.71. The summed E-state index contributed by atoms with van der Waals surface area (Å²) >= 11 is 1.57. The number of hydrogen-bond acceptors (Lipinski definition) is 3. The van der Waals surface area contributed by atoms with Gasteiger partial charge in [0, 0.05) is 22.7 Å². The van der Waals surface area contributed by atoms with E-state index in [-0.39, 0.29) is 0 Å². The normalized spacial score (nSPS) is 14.6. The van der Waals surface area contributed by atoms with Crippen LogP contribution in [0.2, 0.25) is 0 Å². The van der Waals surface area contributed by atoms with Crippen molar-refractivity contribution in [2.75, 3.05) is 0 Å². The van der Waals surface area contributed by atoms with Crippen LogP contribution in [-0.4, -0.2) is 10.1 Å². The quantitative estimate of drug-likeness (QED) is 0.759. The van der Waals surface area contributed by atoms with Crippen molar-refractivity contribution in [3.05, 3.63) is 64.6 Å². The third-order valence-corrected chi connectivity index (χ3v) is 4.29. The monoisotopic (exact) mass is 255 g/mol. The molecule has 0 aliphatic heterocycles. The molecule has 90 valence electrons. The number of thiophene rings is 1. The summed E-state index contributed by atoms with van der Waals surface area (Å²) in [7, 11) is 0. The van der Waals surface area contributed by atoms with Crippen LogP contribution in [0.15, 0.2) is 54.2 Å². The van der Waals surface area contributed by atoms with E-state index in [0.29, 0.717) is 0 Å². The molecule has 0 saturated carbocycles. The van der Waals surface area contributed by atoms with Gasteiger partial charge in [0.25, 0.3) is 0 Å². The second kappa shape index (κ2) is 4.19. The van der Waals surface area contributed by atoms with Gasteiger partial charge in [-0.15, -0.1) is 11.3 Å². The Balaban J connectivity index is 2.26. The summed E-state index contributed by atoms with van der Waals surface area (Å²) in [4.78, 5) is 5.07. The minimum absolute atomic E-state index is 0.921. The number of aliphatic hydroxyl groups is 1. The number of pyridine rings is 1. The van der Waals surface area contributed by atoms with Crippen LogP contribution >= 0.6 is 11.3 Å². The average molecular weight is 255 g/mol. The van der Waals surface area contributed by atoms with Crippen molar-refractivity contribution in [2.45, 2.75) is 12.5 Å². The molecule has 3 aromatic rings. The molecular weight excluding hydrogens is 242 g/mol. The Bertz CT molecular complexity index is 669. The molecule has 0 aliphatic carbocycles. The van der Waals surface area contributed by atoms with Crippen molar-refractivity contribution in [3.8, 4) is 0 Å². The number of nitrogens with zero attached hydrogens (tertiary/aromatic N) is 1. The molecule has 1 aromatic carbocycles. The van der Waals surface area contributed by atoms with E-state index in [1.807, 2.05) is 54.9 Å². The van der Waals surface area contributed by atoms with Crippen LogP contribution in [0, 0.1) is 0 Å². The molecule has 0 radical (unpaired) electrons. The molecule has 2 aromatic heterocycles. The van der Waals surface area contributed by atoms with Gasteiger partial charge in [0.1, 0.15) is 5.60 Å².